The molecule has 5 rings (SSSR count). The van der Waals surface area contributed by atoms with Gasteiger partial charge in [-0.15, -0.1) is 0 Å². The highest BCUT2D eigenvalue weighted by Crippen LogP contribution is 2.54. The fourth-order valence-electron chi connectivity index (χ4n) is 4.83. The summed E-state index contributed by atoms with van der Waals surface area (Å²) in [6.07, 6.45) is 3.08. The Morgan fingerprint density at radius 2 is 1.97 bits per heavy atom. The second kappa shape index (κ2) is 8.38. The van der Waals surface area contributed by atoms with Gasteiger partial charge in [0.2, 0.25) is 11.8 Å². The maximum Gasteiger partial charge on any atom is 0.230 e. The molecule has 2 fully saturated rings. The zero-order chi connectivity index (χ0) is 24.0. The molecule has 2 atom stereocenters. The molecule has 34 heavy (non-hydrogen) atoms. The number of methoxy groups -OCH3 is 2. The standard InChI is InChI=1S/C25H26F2N4O3/c1-14(16-9-23(34-3)28-11-18(16)27)24(32)31-12-21(25(13-31)6-7-25)30-22-5-4-15-8-20(33-2)17(26)10-19(15)29-22/h4-5,8-11,14,21H,6-7,12-13H2,1-3H3,(H,29,30)/t14-,21-/m1/s1. The van der Waals surface area contributed by atoms with Gasteiger partial charge in [0, 0.05) is 41.6 Å². The summed E-state index contributed by atoms with van der Waals surface area (Å²) in [6.45, 7) is 2.80. The Kier molecular flexibility index (Phi) is 5.50. The second-order valence-corrected chi connectivity index (χ2v) is 9.12. The second-order valence-electron chi connectivity index (χ2n) is 9.12. The number of carbonyl (C=O) groups excluding carboxylic acids is 1. The normalized spacial score (nSPS) is 19.3. The fourth-order valence-corrected chi connectivity index (χ4v) is 4.83. The van der Waals surface area contributed by atoms with Crippen LogP contribution in [0.4, 0.5) is 14.6 Å². The zero-order valence-electron chi connectivity index (χ0n) is 19.3. The summed E-state index contributed by atoms with van der Waals surface area (Å²) in [5.74, 6) is -0.723. The van der Waals surface area contributed by atoms with Gasteiger partial charge in [0.25, 0.3) is 0 Å². The molecule has 1 aliphatic heterocycles. The molecule has 9 heteroatoms. The number of amides is 1. The molecule has 0 radical (unpaired) electrons. The van der Waals surface area contributed by atoms with Crippen LogP contribution in [0.15, 0.2) is 36.5 Å². The van der Waals surface area contributed by atoms with Crippen molar-refractivity contribution in [2.75, 3.05) is 32.6 Å². The van der Waals surface area contributed by atoms with E-state index in [4.69, 9.17) is 9.47 Å². The molecular weight excluding hydrogens is 442 g/mol. The lowest BCUT2D eigenvalue weighted by molar-refractivity contribution is -0.131. The molecule has 3 heterocycles. The summed E-state index contributed by atoms with van der Waals surface area (Å²) in [7, 11) is 2.88. The minimum atomic E-state index is -0.664. The summed E-state index contributed by atoms with van der Waals surface area (Å²) in [5.41, 5.74) is 0.771. The van der Waals surface area contributed by atoms with E-state index < -0.39 is 17.6 Å². The van der Waals surface area contributed by atoms with Crippen molar-refractivity contribution in [2.45, 2.75) is 31.7 Å². The number of fused-ring (bicyclic) bond motifs is 1. The van der Waals surface area contributed by atoms with Gasteiger partial charge >= 0.3 is 0 Å². The number of nitrogens with one attached hydrogen (secondary N) is 1. The van der Waals surface area contributed by atoms with Crippen molar-refractivity contribution < 1.29 is 23.0 Å². The van der Waals surface area contributed by atoms with E-state index in [1.165, 1.54) is 26.4 Å². The number of aromatic nitrogens is 2. The van der Waals surface area contributed by atoms with Crippen LogP contribution in [0, 0.1) is 17.0 Å². The van der Waals surface area contributed by atoms with Gasteiger partial charge in [0.15, 0.2) is 11.6 Å². The number of rotatable bonds is 6. The predicted molar refractivity (Wildman–Crippen MR) is 123 cm³/mol. The van der Waals surface area contributed by atoms with Crippen LogP contribution in [0.5, 0.6) is 11.6 Å². The van der Waals surface area contributed by atoms with Crippen molar-refractivity contribution in [2.24, 2.45) is 5.41 Å². The van der Waals surface area contributed by atoms with Crippen molar-refractivity contribution in [1.29, 1.82) is 0 Å². The quantitative estimate of drug-likeness (QED) is 0.586. The van der Waals surface area contributed by atoms with Gasteiger partial charge in [0.1, 0.15) is 11.6 Å². The first-order chi connectivity index (χ1) is 16.3. The van der Waals surface area contributed by atoms with Crippen LogP contribution in [-0.2, 0) is 4.79 Å². The third-order valence-electron chi connectivity index (χ3n) is 7.04. The topological polar surface area (TPSA) is 76.6 Å². The molecular formula is C25H26F2N4O3. The Bertz CT molecular complexity index is 1260. The molecule has 178 valence electrons. The van der Waals surface area contributed by atoms with E-state index in [1.54, 1.807) is 17.9 Å². The molecule has 1 aromatic carbocycles. The molecule has 3 aromatic rings. The maximum atomic E-state index is 14.4. The Morgan fingerprint density at radius 1 is 1.18 bits per heavy atom. The van der Waals surface area contributed by atoms with E-state index >= 15 is 0 Å². The lowest BCUT2D eigenvalue weighted by Gasteiger charge is -2.22. The van der Waals surface area contributed by atoms with E-state index in [0.717, 1.165) is 24.4 Å². The molecule has 0 bridgehead atoms. The van der Waals surface area contributed by atoms with Crippen LogP contribution >= 0.6 is 0 Å². The van der Waals surface area contributed by atoms with Crippen LogP contribution in [0.25, 0.3) is 10.9 Å². The van der Waals surface area contributed by atoms with Gasteiger partial charge in [-0.2, -0.15) is 0 Å². The third kappa shape index (κ3) is 3.89. The Balaban J connectivity index is 1.34. The minimum Gasteiger partial charge on any atom is -0.494 e. The van der Waals surface area contributed by atoms with Gasteiger partial charge < -0.3 is 19.7 Å². The molecule has 1 aliphatic carbocycles. The smallest absolute Gasteiger partial charge is 0.230 e. The van der Waals surface area contributed by atoms with Gasteiger partial charge in [-0.05, 0) is 38.0 Å². The molecule has 1 saturated heterocycles. The number of hydrogen-bond acceptors (Lipinski definition) is 6. The number of benzene rings is 1. The van der Waals surface area contributed by atoms with Gasteiger partial charge in [-0.1, -0.05) is 0 Å². The van der Waals surface area contributed by atoms with E-state index in [0.29, 0.717) is 24.4 Å². The highest BCUT2D eigenvalue weighted by Gasteiger charge is 2.56. The molecule has 1 amide bonds. The first kappa shape index (κ1) is 22.3. The van der Waals surface area contributed by atoms with Crippen LogP contribution in [0.3, 0.4) is 0 Å². The lowest BCUT2D eigenvalue weighted by atomic mass is 10.00. The summed E-state index contributed by atoms with van der Waals surface area (Å²) in [4.78, 5) is 23.5. The average Bonchev–Trinajstić information content (AvgIpc) is 3.53. The van der Waals surface area contributed by atoms with Gasteiger partial charge in [0.05, 0.1) is 37.9 Å². The molecule has 1 spiro atoms. The first-order valence-electron chi connectivity index (χ1n) is 11.2. The number of carbonyl (C=O) groups is 1. The molecule has 7 nitrogen and oxygen atoms in total. The number of ether oxygens (including phenoxy) is 2. The number of pyridine rings is 2. The third-order valence-corrected chi connectivity index (χ3v) is 7.04. The molecule has 1 N–H and O–H groups in total. The summed E-state index contributed by atoms with van der Waals surface area (Å²) in [6, 6.07) is 8.18. The number of hydrogen-bond donors (Lipinski definition) is 1. The van der Waals surface area contributed by atoms with E-state index in [2.05, 4.69) is 15.3 Å². The van der Waals surface area contributed by atoms with Gasteiger partial charge in [-0.3, -0.25) is 4.79 Å². The van der Waals surface area contributed by atoms with Crippen molar-refractivity contribution in [1.82, 2.24) is 14.9 Å². The van der Waals surface area contributed by atoms with E-state index in [1.807, 2.05) is 12.1 Å². The van der Waals surface area contributed by atoms with E-state index in [9.17, 15) is 13.6 Å². The SMILES string of the molecule is COc1cc([C@@H](C)C(=O)N2C[C@@H](Nc3ccc4cc(OC)c(F)cc4n3)C3(CC3)C2)c(F)cn1. The van der Waals surface area contributed by atoms with Crippen molar-refractivity contribution in [3.63, 3.8) is 0 Å². The zero-order valence-corrected chi connectivity index (χ0v) is 19.3. The Hall–Kier alpha value is -3.49. The van der Waals surface area contributed by atoms with E-state index in [-0.39, 0.29) is 34.6 Å². The lowest BCUT2D eigenvalue weighted by Crippen LogP contribution is -2.34. The minimum absolute atomic E-state index is 0.00789. The summed E-state index contributed by atoms with van der Waals surface area (Å²) < 4.78 is 38.7. The summed E-state index contributed by atoms with van der Waals surface area (Å²) >= 11 is 0. The van der Waals surface area contributed by atoms with Crippen LogP contribution in [0.1, 0.15) is 31.2 Å². The van der Waals surface area contributed by atoms with Gasteiger partial charge in [-0.25, -0.2) is 18.7 Å². The van der Waals surface area contributed by atoms with Crippen LogP contribution in [0.2, 0.25) is 0 Å². The highest BCUT2D eigenvalue weighted by molar-refractivity contribution is 5.84. The average molecular weight is 469 g/mol. The predicted octanol–water partition coefficient (Wildman–Crippen LogP) is 4.13. The fraction of sp³-hybridized carbons (Fsp3) is 0.400. The maximum absolute atomic E-state index is 14.4. The number of anilines is 1. The molecule has 2 aromatic heterocycles. The largest absolute Gasteiger partial charge is 0.494 e. The number of halogens is 2. The van der Waals surface area contributed by atoms with Crippen molar-refractivity contribution in [3.8, 4) is 11.6 Å². The van der Waals surface area contributed by atoms with Crippen LogP contribution in [-0.4, -0.2) is 54.1 Å². The first-order valence-corrected chi connectivity index (χ1v) is 11.2. The molecule has 0 unspecified atom stereocenters. The number of likely N-dealkylation sites (tertiary alicyclic amines) is 1. The Labute approximate surface area is 196 Å². The van der Waals surface area contributed by atoms with Crippen molar-refractivity contribution >= 4 is 22.6 Å². The van der Waals surface area contributed by atoms with Crippen LogP contribution < -0.4 is 14.8 Å². The van der Waals surface area contributed by atoms with Crippen molar-refractivity contribution in [3.05, 3.63) is 53.7 Å². The highest BCUT2D eigenvalue weighted by atomic mass is 19.1. The molecule has 2 aliphatic rings. The Morgan fingerprint density at radius 3 is 2.68 bits per heavy atom. The molecule has 1 saturated carbocycles. The summed E-state index contributed by atoms with van der Waals surface area (Å²) in [5, 5.41) is 4.24. The number of nitrogens with zero attached hydrogens (tertiary/aromatic N) is 3. The monoisotopic (exact) mass is 468 g/mol.